The lowest BCUT2D eigenvalue weighted by Crippen LogP contribution is -2.49. The summed E-state index contributed by atoms with van der Waals surface area (Å²) in [5.74, 6) is -1.08. The summed E-state index contributed by atoms with van der Waals surface area (Å²) in [5.41, 5.74) is -1.49. The maximum Gasteiger partial charge on any atom is 0.338 e. The van der Waals surface area contributed by atoms with E-state index in [0.29, 0.717) is 18.8 Å². The van der Waals surface area contributed by atoms with Crippen LogP contribution in [0.25, 0.3) is 0 Å². The van der Waals surface area contributed by atoms with Crippen LogP contribution >= 0.6 is 0 Å². The summed E-state index contributed by atoms with van der Waals surface area (Å²) >= 11 is 0. The molecule has 7 heteroatoms. The molecule has 2 saturated carbocycles. The molecule has 2 aliphatic carbocycles. The summed E-state index contributed by atoms with van der Waals surface area (Å²) in [6.07, 6.45) is 7.43. The molecule has 24 heavy (non-hydrogen) atoms. The van der Waals surface area contributed by atoms with Crippen molar-refractivity contribution in [3.8, 4) is 0 Å². The van der Waals surface area contributed by atoms with Gasteiger partial charge in [-0.1, -0.05) is 26.2 Å². The topological polar surface area (TPSA) is 105 Å². The fraction of sp³-hybridized carbons (Fsp3) is 0.824. The highest BCUT2D eigenvalue weighted by atomic mass is 16.6. The minimum atomic E-state index is -1.49. The number of nitrogens with one attached hydrogen (secondary N) is 2. The Labute approximate surface area is 142 Å². The number of carbonyl (C=O) groups is 3. The van der Waals surface area contributed by atoms with E-state index in [1.165, 1.54) is 6.42 Å². The van der Waals surface area contributed by atoms with Gasteiger partial charge >= 0.3 is 12.0 Å². The molecule has 2 rings (SSSR count). The highest BCUT2D eigenvalue weighted by molar-refractivity contribution is 5.96. The Hall–Kier alpha value is -1.63. The Morgan fingerprint density at radius 2 is 1.75 bits per heavy atom. The largest absolute Gasteiger partial charge is 0.453 e. The third kappa shape index (κ3) is 5.19. The molecular formula is C17H28N2O5. The maximum atomic E-state index is 11.9. The minimum Gasteiger partial charge on any atom is -0.453 e. The van der Waals surface area contributed by atoms with Gasteiger partial charge in [0.2, 0.25) is 0 Å². The molecular weight excluding hydrogens is 312 g/mol. The van der Waals surface area contributed by atoms with Crippen molar-refractivity contribution in [1.82, 2.24) is 10.6 Å². The van der Waals surface area contributed by atoms with Crippen LogP contribution in [0.3, 0.4) is 0 Å². The van der Waals surface area contributed by atoms with Crippen LogP contribution in [0.4, 0.5) is 4.79 Å². The zero-order chi connectivity index (χ0) is 17.6. The van der Waals surface area contributed by atoms with Gasteiger partial charge in [-0.25, -0.2) is 9.59 Å². The first-order valence-electron chi connectivity index (χ1n) is 8.91. The van der Waals surface area contributed by atoms with Crippen molar-refractivity contribution >= 4 is 17.9 Å². The molecule has 136 valence electrons. The van der Waals surface area contributed by atoms with Crippen molar-refractivity contribution in [3.05, 3.63) is 0 Å². The zero-order valence-corrected chi connectivity index (χ0v) is 14.3. The van der Waals surface area contributed by atoms with E-state index < -0.39 is 30.1 Å². The van der Waals surface area contributed by atoms with Crippen LogP contribution < -0.4 is 10.6 Å². The highest BCUT2D eigenvalue weighted by Gasteiger charge is 2.39. The number of hydrogen-bond donors (Lipinski definition) is 3. The predicted molar refractivity (Wildman–Crippen MR) is 87.1 cm³/mol. The van der Waals surface area contributed by atoms with Gasteiger partial charge in [0, 0.05) is 6.04 Å². The normalized spacial score (nSPS) is 26.2. The molecule has 0 aromatic carbocycles. The van der Waals surface area contributed by atoms with E-state index in [1.807, 2.05) is 0 Å². The number of urea groups is 1. The lowest BCUT2D eigenvalue weighted by atomic mass is 9.85. The number of hydrogen-bond acceptors (Lipinski definition) is 5. The average molecular weight is 340 g/mol. The molecule has 0 radical (unpaired) electrons. The molecule has 2 fully saturated rings. The molecule has 0 aliphatic heterocycles. The summed E-state index contributed by atoms with van der Waals surface area (Å²) < 4.78 is 4.88. The Morgan fingerprint density at radius 1 is 1.08 bits per heavy atom. The van der Waals surface area contributed by atoms with Crippen molar-refractivity contribution in [2.45, 2.75) is 76.4 Å². The number of aliphatic hydroxyl groups is 1. The molecule has 2 aliphatic rings. The highest BCUT2D eigenvalue weighted by Crippen LogP contribution is 2.29. The first kappa shape index (κ1) is 18.7. The number of ether oxygens (including phenoxy) is 1. The van der Waals surface area contributed by atoms with Crippen molar-refractivity contribution < 1.29 is 24.2 Å². The van der Waals surface area contributed by atoms with Gasteiger partial charge in [-0.3, -0.25) is 10.1 Å². The third-order valence-corrected chi connectivity index (χ3v) is 5.08. The Bertz CT molecular complexity index is 474. The molecule has 2 atom stereocenters. The fourth-order valence-corrected chi connectivity index (χ4v) is 3.50. The first-order valence-corrected chi connectivity index (χ1v) is 8.91. The van der Waals surface area contributed by atoms with Crippen molar-refractivity contribution in [3.63, 3.8) is 0 Å². The van der Waals surface area contributed by atoms with Gasteiger partial charge in [0.15, 0.2) is 12.2 Å². The standard InChI is InChI=1S/C17H28N2O5/c1-12-7-3-4-8-13(12)18-16(22)19-14(20)11-24-15(21)17(23)9-5-2-6-10-17/h12-13,23H,2-11H2,1H3,(H2,18,19,20,22)/t12-,13-/m0/s1. The van der Waals surface area contributed by atoms with E-state index in [4.69, 9.17) is 4.74 Å². The maximum absolute atomic E-state index is 11.9. The van der Waals surface area contributed by atoms with Crippen molar-refractivity contribution in [2.75, 3.05) is 6.61 Å². The van der Waals surface area contributed by atoms with Crippen molar-refractivity contribution in [2.24, 2.45) is 5.92 Å². The van der Waals surface area contributed by atoms with Gasteiger partial charge in [0.25, 0.3) is 5.91 Å². The van der Waals surface area contributed by atoms with E-state index in [0.717, 1.165) is 38.5 Å². The minimum absolute atomic E-state index is 0.0667. The number of rotatable bonds is 4. The molecule has 0 aromatic heterocycles. The number of imide groups is 1. The second-order valence-corrected chi connectivity index (χ2v) is 7.06. The average Bonchev–Trinajstić information content (AvgIpc) is 2.55. The quantitative estimate of drug-likeness (QED) is 0.675. The smallest absolute Gasteiger partial charge is 0.338 e. The molecule has 0 aromatic rings. The van der Waals surface area contributed by atoms with E-state index in [2.05, 4.69) is 17.6 Å². The van der Waals surface area contributed by atoms with Crippen LogP contribution in [-0.4, -0.2) is 41.3 Å². The Morgan fingerprint density at radius 3 is 2.42 bits per heavy atom. The van der Waals surface area contributed by atoms with Crippen LogP contribution in [0.2, 0.25) is 0 Å². The summed E-state index contributed by atoms with van der Waals surface area (Å²) in [7, 11) is 0. The Balaban J connectivity index is 1.70. The molecule has 0 saturated heterocycles. The molecule has 7 nitrogen and oxygen atoms in total. The summed E-state index contributed by atoms with van der Waals surface area (Å²) in [4.78, 5) is 35.5. The number of esters is 1. The zero-order valence-electron chi connectivity index (χ0n) is 14.3. The first-order chi connectivity index (χ1) is 11.4. The molecule has 3 N–H and O–H groups in total. The summed E-state index contributed by atoms with van der Waals surface area (Å²) in [5, 5.41) is 15.2. The van der Waals surface area contributed by atoms with Crippen LogP contribution in [0.5, 0.6) is 0 Å². The van der Waals surface area contributed by atoms with E-state index in [9.17, 15) is 19.5 Å². The SMILES string of the molecule is C[C@H]1CCCC[C@@H]1NC(=O)NC(=O)COC(=O)C1(O)CCCCC1. The second kappa shape index (κ2) is 8.46. The van der Waals surface area contributed by atoms with Gasteiger partial charge in [0.1, 0.15) is 0 Å². The van der Waals surface area contributed by atoms with Gasteiger partial charge < -0.3 is 15.2 Å². The third-order valence-electron chi connectivity index (χ3n) is 5.08. The van der Waals surface area contributed by atoms with E-state index >= 15 is 0 Å². The van der Waals surface area contributed by atoms with Gasteiger partial charge in [-0.2, -0.15) is 0 Å². The van der Waals surface area contributed by atoms with E-state index in [1.54, 1.807) is 0 Å². The molecule has 0 heterocycles. The lowest BCUT2D eigenvalue weighted by Gasteiger charge is -2.29. The number of amides is 3. The second-order valence-electron chi connectivity index (χ2n) is 7.06. The molecule has 0 bridgehead atoms. The summed E-state index contributed by atoms with van der Waals surface area (Å²) in [6.45, 7) is 1.52. The number of carbonyl (C=O) groups excluding carboxylic acids is 3. The fourth-order valence-electron chi connectivity index (χ4n) is 3.50. The van der Waals surface area contributed by atoms with Gasteiger partial charge in [0.05, 0.1) is 0 Å². The van der Waals surface area contributed by atoms with Crippen molar-refractivity contribution in [1.29, 1.82) is 0 Å². The lowest BCUT2D eigenvalue weighted by molar-refractivity contribution is -0.170. The molecule has 0 unspecified atom stereocenters. The van der Waals surface area contributed by atoms with Crippen LogP contribution in [-0.2, 0) is 14.3 Å². The predicted octanol–water partition coefficient (Wildman–Crippen LogP) is 1.63. The van der Waals surface area contributed by atoms with Crippen LogP contribution in [0.15, 0.2) is 0 Å². The summed E-state index contributed by atoms with van der Waals surface area (Å²) in [6, 6.07) is -0.497. The molecule has 3 amide bonds. The van der Waals surface area contributed by atoms with Crippen LogP contribution in [0, 0.1) is 5.92 Å². The Kier molecular flexibility index (Phi) is 6.60. The van der Waals surface area contributed by atoms with Crippen LogP contribution in [0.1, 0.15) is 64.7 Å². The van der Waals surface area contributed by atoms with E-state index in [-0.39, 0.29) is 6.04 Å². The molecule has 0 spiro atoms. The van der Waals surface area contributed by atoms with Gasteiger partial charge in [-0.15, -0.1) is 0 Å². The monoisotopic (exact) mass is 340 g/mol. The van der Waals surface area contributed by atoms with Gasteiger partial charge in [-0.05, 0) is 44.4 Å².